The quantitative estimate of drug-likeness (QED) is 0.584. The van der Waals surface area contributed by atoms with Gasteiger partial charge in [-0.15, -0.1) is 0 Å². The summed E-state index contributed by atoms with van der Waals surface area (Å²) in [6.07, 6.45) is 1.43. The van der Waals surface area contributed by atoms with Crippen LogP contribution in [0.5, 0.6) is 5.75 Å². The average Bonchev–Trinajstić information content (AvgIpc) is 2.17. The predicted molar refractivity (Wildman–Crippen MR) is 61.2 cm³/mol. The summed E-state index contributed by atoms with van der Waals surface area (Å²) in [4.78, 5) is 3.57. The summed E-state index contributed by atoms with van der Waals surface area (Å²) in [6, 6.07) is 5.30. The van der Waals surface area contributed by atoms with Crippen LogP contribution in [0.2, 0.25) is 0 Å². The molecule has 82 valence electrons. The Balaban J connectivity index is 0. The number of pyridine rings is 1. The second-order valence-electron chi connectivity index (χ2n) is 2.96. The van der Waals surface area contributed by atoms with Gasteiger partial charge in [0.05, 0.1) is 0 Å². The first kappa shape index (κ1) is 13.2. The monoisotopic (exact) mass is 251 g/mol. The van der Waals surface area contributed by atoms with Crippen LogP contribution in [0.3, 0.4) is 0 Å². The van der Waals surface area contributed by atoms with Crippen LogP contribution in [-0.2, 0) is 10.1 Å². The SMILES string of the molecule is O=S(=O)(O)c1ccc(O)c2ncccc12.[H-].[H-].[Mg+2]. The summed E-state index contributed by atoms with van der Waals surface area (Å²) in [5, 5.41) is 9.62. The third kappa shape index (κ3) is 2.27. The smallest absolute Gasteiger partial charge is 1.00 e. The molecule has 0 aliphatic heterocycles. The summed E-state index contributed by atoms with van der Waals surface area (Å²) in [6.45, 7) is 0. The fourth-order valence-electron chi connectivity index (χ4n) is 1.36. The Morgan fingerprint density at radius 1 is 1.25 bits per heavy atom. The zero-order chi connectivity index (χ0) is 11.1. The van der Waals surface area contributed by atoms with Gasteiger partial charge in [0.2, 0.25) is 0 Å². The van der Waals surface area contributed by atoms with Gasteiger partial charge in [-0.3, -0.25) is 9.54 Å². The molecule has 0 radical (unpaired) electrons. The third-order valence-corrected chi connectivity index (χ3v) is 2.90. The number of phenolic OH excluding ortho intramolecular Hbond substituents is 1. The molecule has 0 aliphatic rings. The summed E-state index contributed by atoms with van der Waals surface area (Å²) < 4.78 is 30.9. The van der Waals surface area contributed by atoms with E-state index in [1.807, 2.05) is 0 Å². The van der Waals surface area contributed by atoms with Crippen LogP contribution in [0.25, 0.3) is 10.9 Å². The van der Waals surface area contributed by atoms with Gasteiger partial charge in [-0.25, -0.2) is 0 Å². The minimum absolute atomic E-state index is 0. The maximum Gasteiger partial charge on any atom is 2.00 e. The number of fused-ring (bicyclic) bond motifs is 1. The minimum Gasteiger partial charge on any atom is -1.00 e. The van der Waals surface area contributed by atoms with E-state index in [2.05, 4.69) is 4.98 Å². The van der Waals surface area contributed by atoms with Gasteiger partial charge < -0.3 is 7.96 Å². The Bertz CT molecular complexity index is 636. The predicted octanol–water partition coefficient (Wildman–Crippen LogP) is 1.03. The molecule has 2 aromatic rings. The number of nitrogens with zero attached hydrogens (tertiary/aromatic N) is 1. The van der Waals surface area contributed by atoms with E-state index in [9.17, 15) is 13.5 Å². The summed E-state index contributed by atoms with van der Waals surface area (Å²) in [5.41, 5.74) is 0.146. The van der Waals surface area contributed by atoms with Crippen molar-refractivity contribution in [2.24, 2.45) is 0 Å². The van der Waals surface area contributed by atoms with Gasteiger partial charge in [0.1, 0.15) is 16.2 Å². The van der Waals surface area contributed by atoms with Gasteiger partial charge in [-0.2, -0.15) is 8.42 Å². The molecule has 0 saturated carbocycles. The molecule has 7 heteroatoms. The first-order valence-corrected chi connectivity index (χ1v) is 5.48. The molecule has 0 atom stereocenters. The van der Waals surface area contributed by atoms with Crippen LogP contribution in [0.4, 0.5) is 0 Å². The molecule has 0 spiro atoms. The molecule has 0 aliphatic carbocycles. The summed E-state index contributed by atoms with van der Waals surface area (Å²) in [5.74, 6) is -0.127. The second-order valence-corrected chi connectivity index (χ2v) is 4.35. The Morgan fingerprint density at radius 3 is 2.56 bits per heavy atom. The third-order valence-electron chi connectivity index (χ3n) is 1.99. The summed E-state index contributed by atoms with van der Waals surface area (Å²) in [7, 11) is -4.30. The largest absolute Gasteiger partial charge is 2.00 e. The Morgan fingerprint density at radius 2 is 1.94 bits per heavy atom. The van der Waals surface area contributed by atoms with Crippen molar-refractivity contribution in [3.05, 3.63) is 30.5 Å². The number of hydrogen-bond donors (Lipinski definition) is 2. The van der Waals surface area contributed by atoms with Gasteiger partial charge in [0.15, 0.2) is 0 Å². The number of phenols is 1. The van der Waals surface area contributed by atoms with E-state index in [1.165, 1.54) is 24.4 Å². The molecule has 1 aromatic heterocycles. The zero-order valence-electron chi connectivity index (χ0n) is 10.2. The van der Waals surface area contributed by atoms with Crippen molar-refractivity contribution in [1.29, 1.82) is 0 Å². The van der Waals surface area contributed by atoms with Crippen LogP contribution in [0.1, 0.15) is 2.85 Å². The van der Waals surface area contributed by atoms with Crippen LogP contribution < -0.4 is 0 Å². The normalized spacial score (nSPS) is 11.1. The van der Waals surface area contributed by atoms with E-state index in [1.54, 1.807) is 0 Å². The second kappa shape index (κ2) is 4.54. The molecule has 0 bridgehead atoms. The van der Waals surface area contributed by atoms with Crippen molar-refractivity contribution < 1.29 is 20.9 Å². The van der Waals surface area contributed by atoms with Crippen molar-refractivity contribution in [3.8, 4) is 5.75 Å². The van der Waals surface area contributed by atoms with E-state index in [0.29, 0.717) is 0 Å². The van der Waals surface area contributed by atoms with Crippen LogP contribution in [0, 0.1) is 0 Å². The average molecular weight is 252 g/mol. The molecule has 16 heavy (non-hydrogen) atoms. The molecular formula is C9H9MgNO4S. The maximum absolute atomic E-state index is 11.0. The van der Waals surface area contributed by atoms with Crippen LogP contribution in [-0.4, -0.2) is 46.1 Å². The zero-order valence-corrected chi connectivity index (χ0v) is 10.4. The molecule has 0 saturated heterocycles. The first-order valence-electron chi connectivity index (χ1n) is 4.04. The Labute approximate surface area is 111 Å². The van der Waals surface area contributed by atoms with E-state index in [-0.39, 0.29) is 47.5 Å². The number of aromatic hydroxyl groups is 1. The fraction of sp³-hybridized carbons (Fsp3) is 0. The molecular weight excluding hydrogens is 242 g/mol. The van der Waals surface area contributed by atoms with Crippen LogP contribution in [0.15, 0.2) is 35.4 Å². The summed E-state index contributed by atoms with van der Waals surface area (Å²) >= 11 is 0. The van der Waals surface area contributed by atoms with E-state index in [0.717, 1.165) is 6.07 Å². The van der Waals surface area contributed by atoms with Crippen LogP contribution >= 0.6 is 0 Å². The van der Waals surface area contributed by atoms with Gasteiger partial charge in [-0.05, 0) is 24.3 Å². The number of benzene rings is 1. The van der Waals surface area contributed by atoms with Crippen molar-refractivity contribution in [2.45, 2.75) is 4.90 Å². The van der Waals surface area contributed by atoms with Crippen molar-refractivity contribution in [3.63, 3.8) is 0 Å². The Kier molecular flexibility index (Phi) is 3.74. The topological polar surface area (TPSA) is 87.5 Å². The van der Waals surface area contributed by atoms with E-state index < -0.39 is 10.1 Å². The molecule has 0 unspecified atom stereocenters. The van der Waals surface area contributed by atoms with Crippen molar-refractivity contribution in [1.82, 2.24) is 4.98 Å². The molecule has 0 amide bonds. The molecule has 5 nitrogen and oxygen atoms in total. The first-order chi connectivity index (χ1) is 7.00. The van der Waals surface area contributed by atoms with Gasteiger partial charge in [0, 0.05) is 11.6 Å². The molecule has 2 N–H and O–H groups in total. The van der Waals surface area contributed by atoms with Crippen molar-refractivity contribution >= 4 is 44.1 Å². The Hall–Kier alpha value is -0.894. The standard InChI is InChI=1S/C9H7NO4S.Mg.2H/c11-7-3-4-8(15(12,13)14)6-2-1-5-10-9(6)7;;;/h1-5,11H,(H,12,13,14);;;/q;+2;2*-1. The molecule has 1 heterocycles. The maximum atomic E-state index is 11.0. The van der Waals surface area contributed by atoms with E-state index >= 15 is 0 Å². The number of hydrogen-bond acceptors (Lipinski definition) is 4. The number of rotatable bonds is 1. The van der Waals surface area contributed by atoms with Crippen molar-refractivity contribution in [2.75, 3.05) is 0 Å². The van der Waals surface area contributed by atoms with Gasteiger partial charge in [-0.1, -0.05) is 0 Å². The van der Waals surface area contributed by atoms with Gasteiger partial charge >= 0.3 is 23.1 Å². The molecule has 2 rings (SSSR count). The fourth-order valence-corrected chi connectivity index (χ4v) is 2.04. The molecule has 1 aromatic carbocycles. The number of aromatic nitrogens is 1. The van der Waals surface area contributed by atoms with E-state index in [4.69, 9.17) is 4.55 Å². The minimum atomic E-state index is -4.30. The molecule has 0 fully saturated rings. The van der Waals surface area contributed by atoms with Gasteiger partial charge in [0.25, 0.3) is 10.1 Å².